The molecular formula is C22H17ClN2O7. The molecule has 9 nitrogen and oxygen atoms in total. The highest BCUT2D eigenvalue weighted by atomic mass is 35.5. The second-order valence-corrected chi connectivity index (χ2v) is 7.14. The number of nitro groups is 1. The molecule has 0 saturated heterocycles. The molecule has 1 N–H and O–H groups in total. The van der Waals surface area contributed by atoms with Crippen LogP contribution in [0.3, 0.4) is 0 Å². The number of fused-ring (bicyclic) bond motifs is 1. The molecule has 0 bridgehead atoms. The second-order valence-electron chi connectivity index (χ2n) is 6.71. The summed E-state index contributed by atoms with van der Waals surface area (Å²) in [5.74, 6) is 1.43. The van der Waals surface area contributed by atoms with Crippen molar-refractivity contribution in [2.24, 2.45) is 0 Å². The topological polar surface area (TPSA) is 109 Å². The van der Waals surface area contributed by atoms with Crippen molar-refractivity contribution in [3.8, 4) is 28.7 Å². The van der Waals surface area contributed by atoms with E-state index in [0.29, 0.717) is 17.1 Å². The molecule has 1 heterocycles. The third-order valence-corrected chi connectivity index (χ3v) is 4.89. The van der Waals surface area contributed by atoms with Crippen LogP contribution in [0, 0.1) is 10.1 Å². The van der Waals surface area contributed by atoms with E-state index in [1.165, 1.54) is 43.5 Å². The lowest BCUT2D eigenvalue weighted by molar-refractivity contribution is -0.385. The van der Waals surface area contributed by atoms with Crippen LogP contribution in [0.2, 0.25) is 5.02 Å². The summed E-state index contributed by atoms with van der Waals surface area (Å²) in [4.78, 5) is 23.3. The first-order valence-corrected chi connectivity index (χ1v) is 9.79. The Kier molecular flexibility index (Phi) is 6.00. The predicted octanol–water partition coefficient (Wildman–Crippen LogP) is 4.71. The second kappa shape index (κ2) is 9.03. The predicted molar refractivity (Wildman–Crippen MR) is 115 cm³/mol. The minimum atomic E-state index is -0.592. The molecule has 0 fully saturated rings. The average molecular weight is 457 g/mol. The number of halogens is 1. The van der Waals surface area contributed by atoms with Gasteiger partial charge in [-0.1, -0.05) is 17.7 Å². The number of amides is 1. The van der Waals surface area contributed by atoms with Crippen LogP contribution >= 0.6 is 11.6 Å². The fourth-order valence-corrected chi connectivity index (χ4v) is 3.23. The van der Waals surface area contributed by atoms with Crippen LogP contribution in [-0.2, 0) is 6.54 Å². The Morgan fingerprint density at radius 1 is 1.06 bits per heavy atom. The monoisotopic (exact) mass is 456 g/mol. The first kappa shape index (κ1) is 21.3. The van der Waals surface area contributed by atoms with Crippen molar-refractivity contribution in [1.82, 2.24) is 5.32 Å². The van der Waals surface area contributed by atoms with Crippen molar-refractivity contribution in [2.75, 3.05) is 13.9 Å². The molecule has 1 amide bonds. The maximum atomic E-state index is 12.6. The fourth-order valence-electron chi connectivity index (χ4n) is 3.07. The molecule has 10 heteroatoms. The molecule has 0 unspecified atom stereocenters. The Bertz CT molecular complexity index is 1200. The zero-order valence-corrected chi connectivity index (χ0v) is 17.5. The average Bonchev–Trinajstić information content (AvgIpc) is 3.26. The zero-order chi connectivity index (χ0) is 22.7. The van der Waals surface area contributed by atoms with Crippen molar-refractivity contribution in [3.63, 3.8) is 0 Å². The number of methoxy groups -OCH3 is 1. The lowest BCUT2D eigenvalue weighted by atomic mass is 10.1. The van der Waals surface area contributed by atoms with Gasteiger partial charge in [-0.2, -0.15) is 0 Å². The van der Waals surface area contributed by atoms with Crippen LogP contribution in [0.15, 0.2) is 54.6 Å². The number of benzene rings is 3. The van der Waals surface area contributed by atoms with Crippen LogP contribution in [0.5, 0.6) is 28.7 Å². The number of nitrogens with one attached hydrogen (secondary N) is 1. The van der Waals surface area contributed by atoms with Gasteiger partial charge in [-0.25, -0.2) is 0 Å². The van der Waals surface area contributed by atoms with E-state index in [9.17, 15) is 14.9 Å². The first-order chi connectivity index (χ1) is 15.4. The number of hydrogen-bond acceptors (Lipinski definition) is 7. The van der Waals surface area contributed by atoms with Crippen LogP contribution in [0.1, 0.15) is 15.9 Å². The molecule has 32 heavy (non-hydrogen) atoms. The Balaban J connectivity index is 1.48. The molecular weight excluding hydrogens is 440 g/mol. The third kappa shape index (κ3) is 4.52. The van der Waals surface area contributed by atoms with Gasteiger partial charge in [0, 0.05) is 23.2 Å². The highest BCUT2D eigenvalue weighted by molar-refractivity contribution is 6.30. The van der Waals surface area contributed by atoms with E-state index in [1.807, 2.05) is 6.07 Å². The molecule has 0 aromatic heterocycles. The summed E-state index contributed by atoms with van der Waals surface area (Å²) >= 11 is 5.84. The van der Waals surface area contributed by atoms with Crippen molar-refractivity contribution < 1.29 is 28.7 Å². The summed E-state index contributed by atoms with van der Waals surface area (Å²) in [5, 5.41) is 14.3. The summed E-state index contributed by atoms with van der Waals surface area (Å²) < 4.78 is 21.6. The van der Waals surface area contributed by atoms with Gasteiger partial charge in [0.2, 0.25) is 12.5 Å². The molecule has 1 aliphatic heterocycles. The Morgan fingerprint density at radius 3 is 2.62 bits per heavy atom. The van der Waals surface area contributed by atoms with E-state index in [4.69, 9.17) is 30.5 Å². The zero-order valence-electron chi connectivity index (χ0n) is 16.8. The highest BCUT2D eigenvalue weighted by Crippen LogP contribution is 2.38. The third-order valence-electron chi connectivity index (χ3n) is 4.65. The highest BCUT2D eigenvalue weighted by Gasteiger charge is 2.19. The quantitative estimate of drug-likeness (QED) is 0.405. The van der Waals surface area contributed by atoms with E-state index < -0.39 is 4.92 Å². The molecule has 3 aromatic rings. The van der Waals surface area contributed by atoms with Gasteiger partial charge in [-0.3, -0.25) is 14.9 Å². The van der Waals surface area contributed by atoms with E-state index in [0.717, 1.165) is 5.56 Å². The SMILES string of the molecule is COc1cc(C(=O)NCc2ccc3c(c2)OCO3)ccc1Oc1ccc(Cl)cc1[N+](=O)[O-]. The van der Waals surface area contributed by atoms with E-state index in [2.05, 4.69) is 5.32 Å². The molecule has 1 aliphatic rings. The first-order valence-electron chi connectivity index (χ1n) is 9.41. The smallest absolute Gasteiger partial charge is 0.313 e. The normalized spacial score (nSPS) is 11.7. The van der Waals surface area contributed by atoms with E-state index >= 15 is 0 Å². The summed E-state index contributed by atoms with van der Waals surface area (Å²) in [5.41, 5.74) is 0.898. The number of nitrogens with zero attached hydrogens (tertiary/aromatic N) is 1. The Hall–Kier alpha value is -3.98. The molecule has 0 spiro atoms. The lowest BCUT2D eigenvalue weighted by Gasteiger charge is -2.12. The van der Waals surface area contributed by atoms with Gasteiger partial charge in [0.15, 0.2) is 23.0 Å². The number of carbonyl (C=O) groups is 1. The van der Waals surface area contributed by atoms with Gasteiger partial charge in [-0.15, -0.1) is 0 Å². The number of nitro benzene ring substituents is 1. The summed E-state index contributed by atoms with van der Waals surface area (Å²) in [6, 6.07) is 14.0. The van der Waals surface area contributed by atoms with Gasteiger partial charge >= 0.3 is 5.69 Å². The fraction of sp³-hybridized carbons (Fsp3) is 0.136. The van der Waals surface area contributed by atoms with Gasteiger partial charge < -0.3 is 24.3 Å². The molecule has 3 aromatic carbocycles. The maximum Gasteiger partial charge on any atom is 0.313 e. The lowest BCUT2D eigenvalue weighted by Crippen LogP contribution is -2.22. The van der Waals surface area contributed by atoms with Crippen LogP contribution in [-0.4, -0.2) is 24.7 Å². The van der Waals surface area contributed by atoms with Crippen molar-refractivity contribution >= 4 is 23.2 Å². The molecule has 0 atom stereocenters. The van der Waals surface area contributed by atoms with Crippen molar-refractivity contribution in [3.05, 3.63) is 80.9 Å². The number of carbonyl (C=O) groups excluding carboxylic acids is 1. The van der Waals surface area contributed by atoms with Crippen LogP contribution < -0.4 is 24.3 Å². The standard InChI is InChI=1S/C22H17ClN2O7/c1-29-20-9-14(22(26)24-11-13-2-5-18-21(8-13)31-12-30-18)3-6-19(20)32-17-7-4-15(23)10-16(17)25(27)28/h2-10H,11-12H2,1H3,(H,24,26). The molecule has 0 saturated carbocycles. The molecule has 4 rings (SSSR count). The largest absolute Gasteiger partial charge is 0.493 e. The summed E-state index contributed by atoms with van der Waals surface area (Å²) in [7, 11) is 1.41. The van der Waals surface area contributed by atoms with Gasteiger partial charge in [-0.05, 0) is 48.0 Å². The number of ether oxygens (including phenoxy) is 4. The van der Waals surface area contributed by atoms with Crippen molar-refractivity contribution in [2.45, 2.75) is 6.54 Å². The van der Waals surface area contributed by atoms with Gasteiger partial charge in [0.1, 0.15) is 0 Å². The van der Waals surface area contributed by atoms with Crippen molar-refractivity contribution in [1.29, 1.82) is 0 Å². The molecule has 0 aliphatic carbocycles. The summed E-state index contributed by atoms with van der Waals surface area (Å²) in [6.07, 6.45) is 0. The molecule has 164 valence electrons. The van der Waals surface area contributed by atoms with E-state index in [-0.39, 0.29) is 47.2 Å². The number of rotatable bonds is 7. The summed E-state index contributed by atoms with van der Waals surface area (Å²) in [6.45, 7) is 0.464. The Labute approximate surface area is 187 Å². The van der Waals surface area contributed by atoms with Gasteiger partial charge in [0.25, 0.3) is 5.91 Å². The minimum absolute atomic E-state index is 0.00212. The van der Waals surface area contributed by atoms with Crippen LogP contribution in [0.4, 0.5) is 5.69 Å². The van der Waals surface area contributed by atoms with Gasteiger partial charge in [0.05, 0.1) is 12.0 Å². The van der Waals surface area contributed by atoms with E-state index in [1.54, 1.807) is 12.1 Å². The van der Waals surface area contributed by atoms with Crippen LogP contribution in [0.25, 0.3) is 0 Å². The molecule has 0 radical (unpaired) electrons. The minimum Gasteiger partial charge on any atom is -0.493 e. The number of hydrogen-bond donors (Lipinski definition) is 1. The maximum absolute atomic E-state index is 12.6. The Morgan fingerprint density at radius 2 is 1.84 bits per heavy atom.